The maximum Gasteiger partial charge on any atom is 0.326 e. The predicted octanol–water partition coefficient (Wildman–Crippen LogP) is 0.591. The highest BCUT2D eigenvalue weighted by Crippen LogP contribution is 2.23. The average Bonchev–Trinajstić information content (AvgIpc) is 3.63. The number of carbonyl (C=O) groups is 5. The number of carboxylic acids is 1. The second kappa shape index (κ2) is 13.8. The Morgan fingerprint density at radius 1 is 0.952 bits per heavy atom. The number of benzene rings is 2. The minimum Gasteiger partial charge on any atom is -0.480 e. The maximum atomic E-state index is 13.7. The van der Waals surface area contributed by atoms with Gasteiger partial charge in [-0.25, -0.2) is 4.79 Å². The van der Waals surface area contributed by atoms with Crippen LogP contribution in [0.25, 0.3) is 10.9 Å². The van der Waals surface area contributed by atoms with E-state index in [9.17, 15) is 29.1 Å². The summed E-state index contributed by atoms with van der Waals surface area (Å²) in [4.78, 5) is 68.1. The number of carboxylic acid groups (broad SMARTS) is 1. The van der Waals surface area contributed by atoms with Crippen molar-refractivity contribution in [3.8, 4) is 0 Å². The molecule has 12 nitrogen and oxygen atoms in total. The lowest BCUT2D eigenvalue weighted by atomic mass is 10.0. The molecule has 1 saturated heterocycles. The van der Waals surface area contributed by atoms with Crippen molar-refractivity contribution >= 4 is 40.5 Å². The number of aliphatic carboxylic acids is 1. The molecule has 2 heterocycles. The molecule has 4 rings (SSSR count). The molecule has 1 aromatic heterocycles. The molecule has 4 unspecified atom stereocenters. The highest BCUT2D eigenvalue weighted by Gasteiger charge is 2.38. The number of nitrogens with two attached hydrogens (primary N) is 2. The van der Waals surface area contributed by atoms with E-state index in [1.807, 2.05) is 54.6 Å². The van der Waals surface area contributed by atoms with Crippen LogP contribution < -0.4 is 22.1 Å². The number of aromatic amines is 1. The first kappa shape index (κ1) is 30.3. The number of para-hydroxylation sites is 1. The van der Waals surface area contributed by atoms with Gasteiger partial charge in [0, 0.05) is 36.5 Å². The van der Waals surface area contributed by atoms with Crippen molar-refractivity contribution in [3.05, 3.63) is 71.9 Å². The molecule has 2 aromatic carbocycles. The van der Waals surface area contributed by atoms with Crippen LogP contribution in [0.4, 0.5) is 0 Å². The topological polar surface area (TPSA) is 201 Å². The number of hydrogen-bond donors (Lipinski definition) is 6. The van der Waals surface area contributed by atoms with Crippen LogP contribution in [0.5, 0.6) is 0 Å². The van der Waals surface area contributed by atoms with E-state index in [4.69, 9.17) is 11.5 Å². The van der Waals surface area contributed by atoms with Crippen molar-refractivity contribution in [2.75, 3.05) is 6.54 Å². The fourth-order valence-corrected chi connectivity index (χ4v) is 5.28. The summed E-state index contributed by atoms with van der Waals surface area (Å²) in [6.45, 7) is 0.242. The molecular weight excluding hydrogens is 540 g/mol. The minimum atomic E-state index is -1.21. The number of H-pyrrole nitrogens is 1. The van der Waals surface area contributed by atoms with Gasteiger partial charge >= 0.3 is 5.97 Å². The first-order valence-corrected chi connectivity index (χ1v) is 13.9. The molecule has 3 aromatic rings. The van der Waals surface area contributed by atoms with Gasteiger partial charge < -0.3 is 37.1 Å². The number of hydrogen-bond acceptors (Lipinski definition) is 6. The van der Waals surface area contributed by atoms with Gasteiger partial charge in [-0.2, -0.15) is 0 Å². The zero-order valence-corrected chi connectivity index (χ0v) is 23.1. The fraction of sp³-hybridized carbons (Fsp3) is 0.367. The molecule has 42 heavy (non-hydrogen) atoms. The van der Waals surface area contributed by atoms with Crippen LogP contribution in [0, 0.1) is 0 Å². The fourth-order valence-electron chi connectivity index (χ4n) is 5.28. The summed E-state index contributed by atoms with van der Waals surface area (Å²) in [7, 11) is 0. The first-order chi connectivity index (χ1) is 20.1. The highest BCUT2D eigenvalue weighted by atomic mass is 16.4. The quantitative estimate of drug-likeness (QED) is 0.171. The number of amides is 4. The Hall–Kier alpha value is -4.71. The van der Waals surface area contributed by atoms with Crippen LogP contribution in [-0.4, -0.2) is 75.3 Å². The summed E-state index contributed by atoms with van der Waals surface area (Å²) >= 11 is 0. The molecule has 1 aliphatic rings. The van der Waals surface area contributed by atoms with Crippen molar-refractivity contribution in [1.82, 2.24) is 20.5 Å². The van der Waals surface area contributed by atoms with Gasteiger partial charge in [0.05, 0.1) is 6.04 Å². The van der Waals surface area contributed by atoms with E-state index in [2.05, 4.69) is 15.6 Å². The van der Waals surface area contributed by atoms with Crippen LogP contribution in [0.15, 0.2) is 60.8 Å². The monoisotopic (exact) mass is 576 g/mol. The van der Waals surface area contributed by atoms with E-state index in [0.717, 1.165) is 22.0 Å². The molecule has 4 amide bonds. The summed E-state index contributed by atoms with van der Waals surface area (Å²) in [5.41, 5.74) is 13.9. The molecule has 8 N–H and O–H groups in total. The van der Waals surface area contributed by atoms with E-state index in [1.54, 1.807) is 6.20 Å². The van der Waals surface area contributed by atoms with Gasteiger partial charge in [-0.1, -0.05) is 48.5 Å². The summed E-state index contributed by atoms with van der Waals surface area (Å²) < 4.78 is 0. The van der Waals surface area contributed by atoms with Gasteiger partial charge in [0.15, 0.2) is 0 Å². The Morgan fingerprint density at radius 2 is 1.64 bits per heavy atom. The van der Waals surface area contributed by atoms with Crippen molar-refractivity contribution in [1.29, 1.82) is 0 Å². The van der Waals surface area contributed by atoms with Gasteiger partial charge in [-0.3, -0.25) is 19.2 Å². The molecule has 0 spiro atoms. The van der Waals surface area contributed by atoms with Gasteiger partial charge in [-0.05, 0) is 42.9 Å². The first-order valence-electron chi connectivity index (χ1n) is 13.9. The molecule has 1 fully saturated rings. The number of likely N-dealkylation sites (tertiary alicyclic amines) is 1. The number of fused-ring (bicyclic) bond motifs is 1. The van der Waals surface area contributed by atoms with E-state index >= 15 is 0 Å². The molecule has 222 valence electrons. The lowest BCUT2D eigenvalue weighted by molar-refractivity contribution is -0.149. The molecule has 0 saturated carbocycles. The van der Waals surface area contributed by atoms with Crippen molar-refractivity contribution in [2.24, 2.45) is 11.5 Å². The number of carbonyl (C=O) groups excluding carboxylic acids is 4. The smallest absolute Gasteiger partial charge is 0.326 e. The summed E-state index contributed by atoms with van der Waals surface area (Å²) in [6.07, 6.45) is 2.57. The molecule has 0 aliphatic carbocycles. The van der Waals surface area contributed by atoms with Crippen LogP contribution in [-0.2, 0) is 36.8 Å². The maximum absolute atomic E-state index is 13.7. The highest BCUT2D eigenvalue weighted by molar-refractivity contribution is 5.95. The van der Waals surface area contributed by atoms with Crippen LogP contribution >= 0.6 is 0 Å². The Balaban J connectivity index is 1.55. The standard InChI is InChI=1S/C30H36N6O6/c31-21(15-18-7-2-1-3-8-18)27(38)34-23(12-13-26(32)37)28(39)35-24(29(40)36-14-6-11-25(36)30(41)42)16-19-17-33-22-10-5-4-9-20(19)22/h1-5,7-10,17,21,23-25,33H,6,11-16,31H2,(H2,32,37)(H,34,38)(H,35,39)(H,41,42). The Morgan fingerprint density at radius 3 is 2.36 bits per heavy atom. The molecule has 0 bridgehead atoms. The summed E-state index contributed by atoms with van der Waals surface area (Å²) in [5, 5.41) is 15.9. The summed E-state index contributed by atoms with van der Waals surface area (Å²) in [6, 6.07) is 12.3. The third-order valence-electron chi connectivity index (χ3n) is 7.48. The largest absolute Gasteiger partial charge is 0.480 e. The third kappa shape index (κ3) is 7.52. The van der Waals surface area contributed by atoms with E-state index < -0.39 is 53.8 Å². The van der Waals surface area contributed by atoms with Gasteiger partial charge in [0.25, 0.3) is 0 Å². The zero-order valence-electron chi connectivity index (χ0n) is 23.1. The lowest BCUT2D eigenvalue weighted by Gasteiger charge is -2.29. The molecule has 1 aliphatic heterocycles. The van der Waals surface area contributed by atoms with Gasteiger partial charge in [-0.15, -0.1) is 0 Å². The molecular formula is C30H36N6O6. The van der Waals surface area contributed by atoms with Crippen molar-refractivity contribution in [2.45, 2.75) is 62.7 Å². The minimum absolute atomic E-state index is 0.0709. The average molecular weight is 577 g/mol. The van der Waals surface area contributed by atoms with Crippen LogP contribution in [0.3, 0.4) is 0 Å². The van der Waals surface area contributed by atoms with Gasteiger partial charge in [0.1, 0.15) is 18.1 Å². The van der Waals surface area contributed by atoms with Crippen molar-refractivity contribution in [3.63, 3.8) is 0 Å². The van der Waals surface area contributed by atoms with Crippen LogP contribution in [0.1, 0.15) is 36.8 Å². The molecule has 0 radical (unpaired) electrons. The number of nitrogens with one attached hydrogen (secondary N) is 3. The van der Waals surface area contributed by atoms with Crippen LogP contribution in [0.2, 0.25) is 0 Å². The van der Waals surface area contributed by atoms with E-state index in [0.29, 0.717) is 12.8 Å². The summed E-state index contributed by atoms with van der Waals surface area (Å²) in [5.74, 6) is -3.63. The Bertz CT molecular complexity index is 1440. The molecule has 4 atom stereocenters. The Labute approximate surface area is 242 Å². The number of rotatable bonds is 13. The second-order valence-electron chi connectivity index (χ2n) is 10.5. The third-order valence-corrected chi connectivity index (χ3v) is 7.48. The number of primary amides is 1. The normalized spacial score (nSPS) is 16.9. The van der Waals surface area contributed by atoms with E-state index in [-0.39, 0.29) is 32.2 Å². The van der Waals surface area contributed by atoms with E-state index in [1.165, 1.54) is 4.90 Å². The van der Waals surface area contributed by atoms with Crippen molar-refractivity contribution < 1.29 is 29.1 Å². The number of nitrogens with zero attached hydrogens (tertiary/aromatic N) is 1. The molecule has 12 heteroatoms. The lowest BCUT2D eigenvalue weighted by Crippen LogP contribution is -2.58. The Kier molecular flexibility index (Phi) is 9.92. The zero-order chi connectivity index (χ0) is 30.2. The number of aromatic nitrogens is 1. The SMILES string of the molecule is NC(=O)CCC(NC(=O)C(N)Cc1ccccc1)C(=O)NC(Cc1c[nH]c2ccccc12)C(=O)N1CCCC1C(=O)O. The predicted molar refractivity (Wildman–Crippen MR) is 155 cm³/mol. The van der Waals surface area contributed by atoms with Gasteiger partial charge in [0.2, 0.25) is 23.6 Å². The second-order valence-corrected chi connectivity index (χ2v) is 10.5.